The number of anilines is 1. The molecule has 1 N–H and O–H groups in total. The van der Waals surface area contributed by atoms with Gasteiger partial charge in [0.2, 0.25) is 11.8 Å². The number of nitrogens with zero attached hydrogens (tertiary/aromatic N) is 2. The second-order valence-electron chi connectivity index (χ2n) is 11.7. The van der Waals surface area contributed by atoms with Crippen molar-refractivity contribution in [2.45, 2.75) is 55.6 Å². The molecule has 1 atom stereocenters. The van der Waals surface area contributed by atoms with E-state index in [0.29, 0.717) is 5.75 Å². The minimum atomic E-state index is -4.30. The number of amides is 2. The lowest BCUT2D eigenvalue weighted by Gasteiger charge is -2.34. The van der Waals surface area contributed by atoms with Crippen LogP contribution in [0, 0.1) is 0 Å². The fourth-order valence-electron chi connectivity index (χ4n) is 5.98. The molecule has 0 unspecified atom stereocenters. The minimum Gasteiger partial charge on any atom is -0.497 e. The van der Waals surface area contributed by atoms with Crippen LogP contribution in [0.25, 0.3) is 0 Å². The van der Waals surface area contributed by atoms with E-state index in [1.807, 2.05) is 54.6 Å². The van der Waals surface area contributed by atoms with E-state index in [1.54, 1.807) is 36.4 Å². The fraction of sp³-hybridized carbons (Fsp3) is 0.297. The molecule has 0 aromatic heterocycles. The Hall–Kier alpha value is -4.35. The van der Waals surface area contributed by atoms with Crippen molar-refractivity contribution >= 4 is 43.5 Å². The van der Waals surface area contributed by atoms with E-state index in [0.717, 1.165) is 45.6 Å². The Bertz CT molecular complexity index is 1800. The van der Waals surface area contributed by atoms with Crippen LogP contribution in [-0.4, -0.2) is 58.0 Å². The molecule has 0 saturated heterocycles. The van der Waals surface area contributed by atoms with Crippen LogP contribution in [0.2, 0.25) is 0 Å². The first-order valence-corrected chi connectivity index (χ1v) is 18.1. The molecule has 2 amide bonds. The number of ether oxygens (including phenoxy) is 2. The summed E-state index contributed by atoms with van der Waals surface area (Å²) in [6.45, 7) is -0.499. The minimum absolute atomic E-state index is 0.0270. The van der Waals surface area contributed by atoms with Gasteiger partial charge in [-0.1, -0.05) is 83.4 Å². The van der Waals surface area contributed by atoms with Crippen LogP contribution in [0.5, 0.6) is 11.5 Å². The highest BCUT2D eigenvalue weighted by Gasteiger charge is 2.36. The van der Waals surface area contributed by atoms with Crippen molar-refractivity contribution in [2.24, 2.45) is 0 Å². The van der Waals surface area contributed by atoms with Gasteiger partial charge in [-0.25, -0.2) is 8.42 Å². The van der Waals surface area contributed by atoms with Crippen molar-refractivity contribution in [2.75, 3.05) is 25.1 Å². The highest BCUT2D eigenvalue weighted by molar-refractivity contribution is 9.10. The molecule has 4 aromatic rings. The third kappa shape index (κ3) is 8.56. The predicted molar refractivity (Wildman–Crippen MR) is 190 cm³/mol. The van der Waals surface area contributed by atoms with Gasteiger partial charge in [0.15, 0.2) is 0 Å². The van der Waals surface area contributed by atoms with Gasteiger partial charge in [-0.15, -0.1) is 0 Å². The third-order valence-electron chi connectivity index (χ3n) is 8.49. The number of carbonyl (C=O) groups excluding carboxylic acids is 2. The molecule has 0 aliphatic heterocycles. The van der Waals surface area contributed by atoms with Gasteiger partial charge in [0.25, 0.3) is 10.0 Å². The topological polar surface area (TPSA) is 105 Å². The molecule has 0 heterocycles. The highest BCUT2D eigenvalue weighted by Crippen LogP contribution is 2.33. The summed E-state index contributed by atoms with van der Waals surface area (Å²) >= 11 is 3.52. The van der Waals surface area contributed by atoms with Crippen LogP contribution >= 0.6 is 15.9 Å². The lowest BCUT2D eigenvalue weighted by atomic mass is 10.0. The first-order valence-electron chi connectivity index (χ1n) is 15.9. The fourth-order valence-corrected chi connectivity index (χ4v) is 7.85. The van der Waals surface area contributed by atoms with E-state index < -0.39 is 28.5 Å². The zero-order chi connectivity index (χ0) is 34.1. The van der Waals surface area contributed by atoms with Gasteiger partial charge in [0.1, 0.15) is 24.1 Å². The maximum absolute atomic E-state index is 14.7. The van der Waals surface area contributed by atoms with Crippen LogP contribution in [0.15, 0.2) is 112 Å². The van der Waals surface area contributed by atoms with Crippen molar-refractivity contribution < 1.29 is 27.5 Å². The number of hydrogen-bond donors (Lipinski definition) is 1. The molecule has 48 heavy (non-hydrogen) atoms. The summed E-state index contributed by atoms with van der Waals surface area (Å²) in [5.74, 6) is -0.0387. The number of benzene rings is 4. The first kappa shape index (κ1) is 35.0. The summed E-state index contributed by atoms with van der Waals surface area (Å²) in [4.78, 5) is 30.4. The van der Waals surface area contributed by atoms with E-state index in [1.165, 1.54) is 31.3 Å². The second kappa shape index (κ2) is 16.2. The number of carbonyl (C=O) groups is 2. The number of rotatable bonds is 14. The number of para-hydroxylation sites is 2. The van der Waals surface area contributed by atoms with Gasteiger partial charge < -0.3 is 19.7 Å². The zero-order valence-electron chi connectivity index (χ0n) is 27.0. The van der Waals surface area contributed by atoms with Gasteiger partial charge in [-0.05, 0) is 72.5 Å². The smallest absolute Gasteiger partial charge is 0.264 e. The highest BCUT2D eigenvalue weighted by atomic mass is 79.9. The molecule has 4 aromatic carbocycles. The third-order valence-corrected chi connectivity index (χ3v) is 10.8. The number of hydrogen-bond acceptors (Lipinski definition) is 6. The van der Waals surface area contributed by atoms with Crippen LogP contribution in [-0.2, 0) is 32.6 Å². The Morgan fingerprint density at radius 1 is 0.854 bits per heavy atom. The Kier molecular flexibility index (Phi) is 11.8. The van der Waals surface area contributed by atoms with Crippen molar-refractivity contribution in [1.82, 2.24) is 10.2 Å². The second-order valence-corrected chi connectivity index (χ2v) is 14.5. The molecule has 252 valence electrons. The number of methoxy groups -OCH3 is 2. The molecular formula is C37H40BrN3O6S. The van der Waals surface area contributed by atoms with Gasteiger partial charge >= 0.3 is 0 Å². The molecule has 1 aliphatic carbocycles. The van der Waals surface area contributed by atoms with Crippen molar-refractivity contribution in [3.05, 3.63) is 119 Å². The molecule has 5 rings (SSSR count). The van der Waals surface area contributed by atoms with E-state index in [9.17, 15) is 18.0 Å². The first-order chi connectivity index (χ1) is 23.2. The summed E-state index contributed by atoms with van der Waals surface area (Å²) in [6, 6.07) is 28.8. The summed E-state index contributed by atoms with van der Waals surface area (Å²) < 4.78 is 41.4. The molecular weight excluding hydrogens is 694 g/mol. The zero-order valence-corrected chi connectivity index (χ0v) is 29.5. The van der Waals surface area contributed by atoms with Gasteiger partial charge in [-0.3, -0.25) is 13.9 Å². The van der Waals surface area contributed by atoms with Gasteiger partial charge in [0, 0.05) is 23.5 Å². The monoisotopic (exact) mass is 733 g/mol. The summed E-state index contributed by atoms with van der Waals surface area (Å²) in [6.07, 6.45) is 4.08. The van der Waals surface area contributed by atoms with Crippen LogP contribution in [0.1, 0.15) is 36.8 Å². The maximum atomic E-state index is 14.7. The average Bonchev–Trinajstić information content (AvgIpc) is 3.62. The normalized spacial score (nSPS) is 13.8. The standard InChI is InChI=1S/C37H40BrN3O6S/c1-46-31-19-21-32(22-20-31)48(44,45)41(33-17-8-9-18-35(33)47-2)26-36(42)40(25-28-13-10-14-29(38)23-28)34(24-27-11-4-3-5-12-27)37(43)39-30-15-6-7-16-30/h3-5,8-14,17-23,30,34H,6-7,15-16,24-26H2,1-2H3,(H,39,43)/t34-/m0/s1. The molecule has 1 fully saturated rings. The van der Waals surface area contributed by atoms with Crippen molar-refractivity contribution in [3.63, 3.8) is 0 Å². The lowest BCUT2D eigenvalue weighted by molar-refractivity contribution is -0.140. The average molecular weight is 735 g/mol. The van der Waals surface area contributed by atoms with Gasteiger partial charge in [-0.2, -0.15) is 0 Å². The summed E-state index contributed by atoms with van der Waals surface area (Å²) in [5, 5.41) is 3.20. The SMILES string of the molecule is COc1ccc(S(=O)(=O)N(CC(=O)N(Cc2cccc(Br)c2)[C@@H](Cc2ccccc2)C(=O)NC2CCCC2)c2ccccc2OC)cc1. The van der Waals surface area contributed by atoms with Crippen molar-refractivity contribution in [1.29, 1.82) is 0 Å². The molecule has 9 nitrogen and oxygen atoms in total. The molecule has 0 bridgehead atoms. The van der Waals surface area contributed by atoms with E-state index in [2.05, 4.69) is 21.2 Å². The van der Waals surface area contributed by atoms with Crippen LogP contribution < -0.4 is 19.1 Å². The molecule has 0 spiro atoms. The number of sulfonamides is 1. The van der Waals surface area contributed by atoms with Crippen LogP contribution in [0.3, 0.4) is 0 Å². The maximum Gasteiger partial charge on any atom is 0.264 e. The number of halogens is 1. The van der Waals surface area contributed by atoms with E-state index in [-0.39, 0.29) is 41.2 Å². The summed E-state index contributed by atoms with van der Waals surface area (Å²) in [5.41, 5.74) is 1.86. The molecule has 1 aliphatic rings. The lowest BCUT2D eigenvalue weighted by Crippen LogP contribution is -2.54. The Morgan fingerprint density at radius 3 is 2.19 bits per heavy atom. The Morgan fingerprint density at radius 2 is 1.52 bits per heavy atom. The van der Waals surface area contributed by atoms with Gasteiger partial charge in [0.05, 0.1) is 24.8 Å². The quantitative estimate of drug-likeness (QED) is 0.162. The van der Waals surface area contributed by atoms with E-state index >= 15 is 0 Å². The van der Waals surface area contributed by atoms with E-state index in [4.69, 9.17) is 9.47 Å². The molecule has 1 saturated carbocycles. The Labute approximate surface area is 291 Å². The molecule has 0 radical (unpaired) electrons. The number of nitrogens with one attached hydrogen (secondary N) is 1. The Balaban J connectivity index is 1.59. The van der Waals surface area contributed by atoms with Crippen LogP contribution in [0.4, 0.5) is 5.69 Å². The predicted octanol–water partition coefficient (Wildman–Crippen LogP) is 6.36. The van der Waals surface area contributed by atoms with Crippen molar-refractivity contribution in [3.8, 4) is 11.5 Å². The molecule has 11 heteroatoms. The summed E-state index contributed by atoms with van der Waals surface area (Å²) in [7, 11) is -1.36. The largest absolute Gasteiger partial charge is 0.497 e.